The van der Waals surface area contributed by atoms with Crippen LogP contribution in [0.5, 0.6) is 0 Å². The van der Waals surface area contributed by atoms with E-state index in [0.717, 1.165) is 0 Å². The van der Waals surface area contributed by atoms with Crippen molar-refractivity contribution in [1.82, 2.24) is 14.9 Å². The number of fused-ring (bicyclic) bond motifs is 1. The maximum atomic E-state index is 12.1. The van der Waals surface area contributed by atoms with E-state index in [1.807, 2.05) is 0 Å². The zero-order chi connectivity index (χ0) is 13.1. The summed E-state index contributed by atoms with van der Waals surface area (Å²) >= 11 is 0. The zero-order valence-corrected chi connectivity index (χ0v) is 10.0. The van der Waals surface area contributed by atoms with Gasteiger partial charge in [0.25, 0.3) is 11.5 Å². The molecule has 0 aliphatic rings. The normalized spacial score (nSPS) is 10.3. The fourth-order valence-corrected chi connectivity index (χ4v) is 1.66. The number of benzene rings is 1. The third-order valence-electron chi connectivity index (χ3n) is 2.59. The van der Waals surface area contributed by atoms with Gasteiger partial charge in [0, 0.05) is 13.6 Å². The van der Waals surface area contributed by atoms with E-state index in [-0.39, 0.29) is 17.3 Å². The lowest BCUT2D eigenvalue weighted by molar-refractivity contribution is 0.0943. The summed E-state index contributed by atoms with van der Waals surface area (Å²) in [7, 11) is 1.53. The van der Waals surface area contributed by atoms with Gasteiger partial charge in [0.15, 0.2) is 0 Å². The molecule has 0 atom stereocenters. The predicted octanol–water partition coefficient (Wildman–Crippen LogP) is 0.849. The van der Waals surface area contributed by atoms with E-state index >= 15 is 0 Å². The Kier molecular flexibility index (Phi) is 3.23. The van der Waals surface area contributed by atoms with Gasteiger partial charge in [-0.15, -0.1) is 6.58 Å². The molecule has 2 aromatic rings. The number of hydrogen-bond acceptors (Lipinski definition) is 3. The average Bonchev–Trinajstić information content (AvgIpc) is 2.40. The van der Waals surface area contributed by atoms with Crippen molar-refractivity contribution < 1.29 is 4.79 Å². The van der Waals surface area contributed by atoms with Gasteiger partial charge in [-0.3, -0.25) is 14.2 Å². The highest BCUT2D eigenvalue weighted by molar-refractivity contribution is 5.93. The Balaban J connectivity index is 2.58. The number of carbonyl (C=O) groups is 1. The Hall–Kier alpha value is -2.43. The molecular formula is C13H13N3O2. The number of nitrogens with one attached hydrogen (secondary N) is 1. The average molecular weight is 243 g/mol. The maximum Gasteiger partial charge on any atom is 0.287 e. The van der Waals surface area contributed by atoms with Crippen molar-refractivity contribution in [2.75, 3.05) is 6.54 Å². The van der Waals surface area contributed by atoms with Gasteiger partial charge in [0.1, 0.15) is 0 Å². The third-order valence-corrected chi connectivity index (χ3v) is 2.59. The lowest BCUT2D eigenvalue weighted by Crippen LogP contribution is -2.32. The van der Waals surface area contributed by atoms with Gasteiger partial charge in [-0.2, -0.15) is 0 Å². The fourth-order valence-electron chi connectivity index (χ4n) is 1.66. The molecule has 1 amide bonds. The predicted molar refractivity (Wildman–Crippen MR) is 69.5 cm³/mol. The first-order valence-electron chi connectivity index (χ1n) is 5.50. The lowest BCUT2D eigenvalue weighted by Gasteiger charge is -2.08. The summed E-state index contributed by atoms with van der Waals surface area (Å²) in [6.45, 7) is 3.85. The number of hydrogen-bond donors (Lipinski definition) is 1. The molecule has 1 aromatic carbocycles. The molecule has 0 bridgehead atoms. The van der Waals surface area contributed by atoms with Crippen molar-refractivity contribution in [3.63, 3.8) is 0 Å². The summed E-state index contributed by atoms with van der Waals surface area (Å²) in [5.74, 6) is -0.291. The highest BCUT2D eigenvalue weighted by atomic mass is 16.2. The fraction of sp³-hybridized carbons (Fsp3) is 0.154. The van der Waals surface area contributed by atoms with Crippen LogP contribution < -0.4 is 10.9 Å². The van der Waals surface area contributed by atoms with Crippen LogP contribution in [0.4, 0.5) is 0 Å². The first-order chi connectivity index (χ1) is 8.65. The first-order valence-corrected chi connectivity index (χ1v) is 5.50. The van der Waals surface area contributed by atoms with Gasteiger partial charge < -0.3 is 5.32 Å². The number of para-hydroxylation sites is 1. The molecule has 0 unspecified atom stereocenters. The van der Waals surface area contributed by atoms with E-state index in [1.165, 1.54) is 11.6 Å². The second-order valence-corrected chi connectivity index (χ2v) is 3.82. The minimum absolute atomic E-state index is 0.0977. The van der Waals surface area contributed by atoms with Gasteiger partial charge >= 0.3 is 0 Å². The summed E-state index contributed by atoms with van der Waals surface area (Å²) in [6.07, 6.45) is 1.57. The summed E-state index contributed by atoms with van der Waals surface area (Å²) in [4.78, 5) is 28.1. The minimum atomic E-state index is -0.389. The highest BCUT2D eigenvalue weighted by Gasteiger charge is 2.13. The quantitative estimate of drug-likeness (QED) is 0.813. The van der Waals surface area contributed by atoms with Crippen LogP contribution in [0.2, 0.25) is 0 Å². The van der Waals surface area contributed by atoms with E-state index in [9.17, 15) is 9.59 Å². The van der Waals surface area contributed by atoms with Crippen LogP contribution in [-0.4, -0.2) is 22.0 Å². The van der Waals surface area contributed by atoms with Crippen molar-refractivity contribution in [3.05, 3.63) is 53.1 Å². The molecule has 1 N–H and O–H groups in total. The molecule has 0 spiro atoms. The van der Waals surface area contributed by atoms with Crippen molar-refractivity contribution in [1.29, 1.82) is 0 Å². The zero-order valence-electron chi connectivity index (χ0n) is 10.0. The second-order valence-electron chi connectivity index (χ2n) is 3.82. The number of nitrogens with zero attached hydrogens (tertiary/aromatic N) is 2. The number of rotatable bonds is 3. The molecule has 0 radical (unpaired) electrons. The Morgan fingerprint density at radius 1 is 1.50 bits per heavy atom. The highest BCUT2D eigenvalue weighted by Crippen LogP contribution is 2.06. The standard InChI is InChI=1S/C13H13N3O2/c1-3-8-14-12(17)11-15-10-7-5-4-6-9(10)13(18)16(11)2/h3-7H,1,8H2,2H3,(H,14,17). The summed E-state index contributed by atoms with van der Waals surface area (Å²) in [5, 5.41) is 3.10. The van der Waals surface area contributed by atoms with Crippen molar-refractivity contribution in [2.24, 2.45) is 7.05 Å². The van der Waals surface area contributed by atoms with Gasteiger partial charge in [-0.1, -0.05) is 18.2 Å². The molecule has 2 rings (SSSR count). The van der Waals surface area contributed by atoms with Gasteiger partial charge in [-0.05, 0) is 12.1 Å². The van der Waals surface area contributed by atoms with Crippen LogP contribution >= 0.6 is 0 Å². The van der Waals surface area contributed by atoms with Crippen LogP contribution in [0.15, 0.2) is 41.7 Å². The molecule has 0 saturated heterocycles. The molecule has 5 nitrogen and oxygen atoms in total. The molecule has 0 saturated carbocycles. The Morgan fingerprint density at radius 2 is 2.22 bits per heavy atom. The molecule has 0 aliphatic carbocycles. The van der Waals surface area contributed by atoms with Crippen LogP contribution in [0.25, 0.3) is 10.9 Å². The van der Waals surface area contributed by atoms with Crippen molar-refractivity contribution in [2.45, 2.75) is 0 Å². The molecule has 18 heavy (non-hydrogen) atoms. The summed E-state index contributed by atoms with van der Waals surface area (Å²) < 4.78 is 1.25. The van der Waals surface area contributed by atoms with E-state index < -0.39 is 0 Å². The number of amides is 1. The van der Waals surface area contributed by atoms with Crippen LogP contribution in [0.3, 0.4) is 0 Å². The largest absolute Gasteiger partial charge is 0.346 e. The van der Waals surface area contributed by atoms with Crippen LogP contribution in [0.1, 0.15) is 10.6 Å². The van der Waals surface area contributed by atoms with E-state index in [4.69, 9.17) is 0 Å². The summed E-state index contributed by atoms with van der Waals surface area (Å²) in [6, 6.07) is 6.94. The number of aromatic nitrogens is 2. The minimum Gasteiger partial charge on any atom is -0.346 e. The SMILES string of the molecule is C=CCNC(=O)c1nc2ccccc2c(=O)n1C. The first kappa shape index (κ1) is 12.0. The molecule has 1 heterocycles. The van der Waals surface area contributed by atoms with Crippen molar-refractivity contribution >= 4 is 16.8 Å². The smallest absolute Gasteiger partial charge is 0.287 e. The van der Waals surface area contributed by atoms with Gasteiger partial charge in [0.2, 0.25) is 5.82 Å². The van der Waals surface area contributed by atoms with Gasteiger partial charge in [-0.25, -0.2) is 4.98 Å². The Labute approximate surface area is 104 Å². The van der Waals surface area contributed by atoms with Gasteiger partial charge in [0.05, 0.1) is 10.9 Å². The van der Waals surface area contributed by atoms with E-state index in [2.05, 4.69) is 16.9 Å². The van der Waals surface area contributed by atoms with Crippen LogP contribution in [-0.2, 0) is 7.05 Å². The van der Waals surface area contributed by atoms with E-state index in [1.54, 1.807) is 30.3 Å². The topological polar surface area (TPSA) is 64.0 Å². The monoisotopic (exact) mass is 243 g/mol. The number of carbonyl (C=O) groups excluding carboxylic acids is 1. The van der Waals surface area contributed by atoms with Crippen molar-refractivity contribution in [3.8, 4) is 0 Å². The second kappa shape index (κ2) is 4.83. The molecule has 0 fully saturated rings. The molecule has 1 aromatic heterocycles. The Bertz CT molecular complexity index is 673. The third kappa shape index (κ3) is 2.02. The summed E-state index contributed by atoms with van der Waals surface area (Å²) in [5.41, 5.74) is 0.286. The maximum absolute atomic E-state index is 12.1. The Morgan fingerprint density at radius 3 is 2.94 bits per heavy atom. The van der Waals surface area contributed by atoms with Crippen LogP contribution in [0, 0.1) is 0 Å². The molecule has 5 heteroatoms. The molecule has 92 valence electrons. The lowest BCUT2D eigenvalue weighted by atomic mass is 10.2. The molecular weight excluding hydrogens is 230 g/mol. The molecule has 0 aliphatic heterocycles. The van der Waals surface area contributed by atoms with E-state index in [0.29, 0.717) is 17.4 Å².